The van der Waals surface area contributed by atoms with Gasteiger partial charge in [0, 0.05) is 19.2 Å². The Labute approximate surface area is 110 Å². The van der Waals surface area contributed by atoms with Crippen LogP contribution in [0.5, 0.6) is 0 Å². The second kappa shape index (κ2) is 5.50. The molecule has 106 valence electrons. The van der Waals surface area contributed by atoms with Gasteiger partial charge in [-0.1, -0.05) is 0 Å². The maximum absolute atomic E-state index is 13.5. The average molecular weight is 273 g/mol. The highest BCUT2D eigenvalue weighted by atomic mass is 19.1. The lowest BCUT2D eigenvalue weighted by atomic mass is 10.1. The van der Waals surface area contributed by atoms with Gasteiger partial charge in [0.1, 0.15) is 5.69 Å². The van der Waals surface area contributed by atoms with Gasteiger partial charge in [-0.3, -0.25) is 10.6 Å². The zero-order valence-electron chi connectivity index (χ0n) is 11.0. The maximum atomic E-state index is 13.5. The van der Waals surface area contributed by atoms with Gasteiger partial charge in [-0.05, 0) is 26.0 Å². The lowest BCUT2D eigenvalue weighted by molar-refractivity contribution is 0.0367. The number of rotatable bonds is 4. The summed E-state index contributed by atoms with van der Waals surface area (Å²) in [5, 5.41) is 9.61. The lowest BCUT2D eigenvalue weighted by Crippen LogP contribution is -2.39. The van der Waals surface area contributed by atoms with Crippen LogP contribution in [0.1, 0.15) is 24.2 Å². The molecular formula is C12H17F2N3O2. The van der Waals surface area contributed by atoms with Crippen molar-refractivity contribution in [1.82, 2.24) is 4.90 Å². The fourth-order valence-electron chi connectivity index (χ4n) is 1.71. The van der Waals surface area contributed by atoms with Crippen molar-refractivity contribution in [3.8, 4) is 0 Å². The number of hydrogen-bond acceptors (Lipinski definition) is 4. The molecule has 0 spiro atoms. The van der Waals surface area contributed by atoms with E-state index in [0.717, 1.165) is 12.1 Å². The number of aliphatic hydroxyl groups is 1. The summed E-state index contributed by atoms with van der Waals surface area (Å²) in [6.07, 6.45) is 0. The Bertz CT molecular complexity index is 463. The summed E-state index contributed by atoms with van der Waals surface area (Å²) >= 11 is 0. The first-order valence-corrected chi connectivity index (χ1v) is 5.59. The zero-order valence-corrected chi connectivity index (χ0v) is 11.0. The molecule has 0 fully saturated rings. The van der Waals surface area contributed by atoms with Gasteiger partial charge >= 0.3 is 0 Å². The molecule has 0 saturated carbocycles. The molecule has 0 saturated heterocycles. The minimum Gasteiger partial charge on any atom is -0.389 e. The number of carbonyl (C=O) groups is 1. The molecule has 19 heavy (non-hydrogen) atoms. The number of likely N-dealkylation sites (N-methyl/N-ethyl adjacent to an activating group) is 1. The number of carbonyl (C=O) groups excluding carboxylic acids is 1. The monoisotopic (exact) mass is 273 g/mol. The number of amides is 1. The largest absolute Gasteiger partial charge is 0.389 e. The molecule has 0 atom stereocenters. The predicted octanol–water partition coefficient (Wildman–Crippen LogP) is 1.09. The van der Waals surface area contributed by atoms with Crippen LogP contribution in [-0.2, 0) is 0 Å². The molecule has 0 radical (unpaired) electrons. The van der Waals surface area contributed by atoms with Crippen molar-refractivity contribution in [1.29, 1.82) is 0 Å². The van der Waals surface area contributed by atoms with Crippen LogP contribution in [0.3, 0.4) is 0 Å². The van der Waals surface area contributed by atoms with E-state index in [1.165, 1.54) is 25.8 Å². The molecule has 5 nitrogen and oxygen atoms in total. The number of halogens is 2. The summed E-state index contributed by atoms with van der Waals surface area (Å²) in [6, 6.07) is 1.78. The summed E-state index contributed by atoms with van der Waals surface area (Å²) in [5.41, 5.74) is 0.135. The predicted molar refractivity (Wildman–Crippen MR) is 67.4 cm³/mol. The minimum absolute atomic E-state index is 0.0337. The second-order valence-electron chi connectivity index (χ2n) is 4.93. The van der Waals surface area contributed by atoms with Gasteiger partial charge in [-0.2, -0.15) is 0 Å². The van der Waals surface area contributed by atoms with E-state index in [2.05, 4.69) is 0 Å². The van der Waals surface area contributed by atoms with Crippen molar-refractivity contribution >= 4 is 11.6 Å². The van der Waals surface area contributed by atoms with Gasteiger partial charge < -0.3 is 15.4 Å². The van der Waals surface area contributed by atoms with Crippen molar-refractivity contribution < 1.29 is 18.7 Å². The molecule has 0 aliphatic heterocycles. The van der Waals surface area contributed by atoms with Crippen LogP contribution in [0.2, 0.25) is 0 Å². The summed E-state index contributed by atoms with van der Waals surface area (Å²) < 4.78 is 26.9. The van der Waals surface area contributed by atoms with E-state index in [0.29, 0.717) is 0 Å². The van der Waals surface area contributed by atoms with Crippen molar-refractivity contribution in [3.63, 3.8) is 0 Å². The topological polar surface area (TPSA) is 78.6 Å². The van der Waals surface area contributed by atoms with Crippen LogP contribution < -0.4 is 11.3 Å². The highest BCUT2D eigenvalue weighted by Crippen LogP contribution is 2.20. The smallest absolute Gasteiger partial charge is 0.253 e. The standard InChI is InChI=1S/C12H17F2N3O2/c1-12(2,19)6-17(3)11(18)7-4-8(13)10(16-15)9(14)5-7/h4-5,16,19H,6,15H2,1-3H3. The highest BCUT2D eigenvalue weighted by Gasteiger charge is 2.22. The fraction of sp³-hybridized carbons (Fsp3) is 0.417. The van der Waals surface area contributed by atoms with Crippen LogP contribution in [0.15, 0.2) is 12.1 Å². The fourth-order valence-corrected chi connectivity index (χ4v) is 1.71. The number of benzene rings is 1. The van der Waals surface area contributed by atoms with Crippen LogP contribution in [0, 0.1) is 11.6 Å². The Morgan fingerprint density at radius 3 is 2.26 bits per heavy atom. The van der Waals surface area contributed by atoms with Gasteiger partial charge in [0.25, 0.3) is 5.91 Å². The molecule has 0 bridgehead atoms. The van der Waals surface area contributed by atoms with E-state index in [1.54, 1.807) is 0 Å². The zero-order chi connectivity index (χ0) is 14.8. The van der Waals surface area contributed by atoms with E-state index in [1.807, 2.05) is 5.43 Å². The molecule has 0 aliphatic carbocycles. The Balaban J connectivity index is 3.01. The quantitative estimate of drug-likeness (QED) is 0.567. The van der Waals surface area contributed by atoms with E-state index in [4.69, 9.17) is 5.84 Å². The van der Waals surface area contributed by atoms with E-state index >= 15 is 0 Å². The number of anilines is 1. The molecule has 1 aromatic carbocycles. The van der Waals surface area contributed by atoms with Gasteiger partial charge in [0.2, 0.25) is 0 Å². The molecule has 7 heteroatoms. The van der Waals surface area contributed by atoms with Gasteiger partial charge in [0.15, 0.2) is 11.6 Å². The third-order valence-corrected chi connectivity index (χ3v) is 2.40. The number of hydrogen-bond donors (Lipinski definition) is 3. The van der Waals surface area contributed by atoms with Crippen molar-refractivity contribution in [2.24, 2.45) is 5.84 Å². The average Bonchev–Trinajstić information content (AvgIpc) is 2.25. The van der Waals surface area contributed by atoms with Crippen molar-refractivity contribution in [3.05, 3.63) is 29.3 Å². The van der Waals surface area contributed by atoms with Crippen LogP contribution in [0.25, 0.3) is 0 Å². The normalized spacial score (nSPS) is 11.3. The van der Waals surface area contributed by atoms with E-state index < -0.39 is 28.8 Å². The molecule has 0 unspecified atom stereocenters. The lowest BCUT2D eigenvalue weighted by Gasteiger charge is -2.25. The number of nitrogen functional groups attached to an aromatic ring is 1. The summed E-state index contributed by atoms with van der Waals surface area (Å²) in [7, 11) is 1.44. The van der Waals surface area contributed by atoms with Crippen molar-refractivity contribution in [2.45, 2.75) is 19.4 Å². The first-order valence-electron chi connectivity index (χ1n) is 5.59. The number of hydrazine groups is 1. The summed E-state index contributed by atoms with van der Waals surface area (Å²) in [4.78, 5) is 13.1. The number of nitrogens with zero attached hydrogens (tertiary/aromatic N) is 1. The number of nitrogens with two attached hydrogens (primary N) is 1. The summed E-state index contributed by atoms with van der Waals surface area (Å²) in [5.74, 6) is 2.46. The van der Waals surface area contributed by atoms with Crippen LogP contribution in [0.4, 0.5) is 14.5 Å². The molecule has 0 heterocycles. The minimum atomic E-state index is -1.10. The molecule has 4 N–H and O–H groups in total. The van der Waals surface area contributed by atoms with Crippen LogP contribution in [-0.4, -0.2) is 35.1 Å². The summed E-state index contributed by atoms with van der Waals surface area (Å²) in [6.45, 7) is 3.09. The molecule has 1 amide bonds. The van der Waals surface area contributed by atoms with E-state index in [9.17, 15) is 18.7 Å². The third kappa shape index (κ3) is 3.87. The maximum Gasteiger partial charge on any atom is 0.253 e. The molecule has 0 aromatic heterocycles. The molecular weight excluding hydrogens is 256 g/mol. The third-order valence-electron chi connectivity index (χ3n) is 2.40. The highest BCUT2D eigenvalue weighted by molar-refractivity contribution is 5.94. The van der Waals surface area contributed by atoms with Crippen LogP contribution >= 0.6 is 0 Å². The molecule has 1 rings (SSSR count). The second-order valence-corrected chi connectivity index (χ2v) is 4.93. The first kappa shape index (κ1) is 15.3. The number of nitrogens with one attached hydrogen (secondary N) is 1. The Morgan fingerprint density at radius 2 is 1.89 bits per heavy atom. The first-order chi connectivity index (χ1) is 8.65. The van der Waals surface area contributed by atoms with Gasteiger partial charge in [0.05, 0.1) is 5.60 Å². The molecule has 0 aliphatic rings. The SMILES string of the molecule is CN(CC(C)(C)O)C(=O)c1cc(F)c(NN)c(F)c1. The Hall–Kier alpha value is -1.73. The van der Waals surface area contributed by atoms with Gasteiger partial charge in [-0.25, -0.2) is 8.78 Å². The van der Waals surface area contributed by atoms with Gasteiger partial charge in [-0.15, -0.1) is 0 Å². The van der Waals surface area contributed by atoms with Crippen molar-refractivity contribution in [2.75, 3.05) is 19.0 Å². The van der Waals surface area contributed by atoms with E-state index in [-0.39, 0.29) is 12.1 Å². The Morgan fingerprint density at radius 1 is 1.42 bits per heavy atom. The Kier molecular flexibility index (Phi) is 4.43. The molecule has 1 aromatic rings.